The van der Waals surface area contributed by atoms with Gasteiger partial charge in [-0.25, -0.2) is 9.97 Å². The quantitative estimate of drug-likeness (QED) is 0.812. The maximum absolute atomic E-state index is 6.14. The van der Waals surface area contributed by atoms with E-state index in [0.717, 1.165) is 29.1 Å². The molecule has 1 aliphatic rings. The highest BCUT2D eigenvalue weighted by Crippen LogP contribution is 2.36. The van der Waals surface area contributed by atoms with E-state index >= 15 is 0 Å². The molecule has 1 aliphatic carbocycles. The van der Waals surface area contributed by atoms with Crippen LogP contribution in [0.4, 0.5) is 0 Å². The number of imidazole rings is 1. The molecular weight excluding hydrogens is 284 g/mol. The van der Waals surface area contributed by atoms with Gasteiger partial charge in [0.1, 0.15) is 11.3 Å². The van der Waals surface area contributed by atoms with Crippen molar-refractivity contribution >= 4 is 22.8 Å². The molecule has 2 heterocycles. The van der Waals surface area contributed by atoms with Crippen LogP contribution in [0.1, 0.15) is 37.1 Å². The average molecular weight is 307 g/mol. The molecule has 0 bridgehead atoms. The number of hydrogen-bond donors (Lipinski definition) is 0. The molecule has 0 aromatic carbocycles. The first kappa shape index (κ1) is 14.8. The molecule has 0 saturated heterocycles. The third-order valence-corrected chi connectivity index (χ3v) is 5.21. The Balaban J connectivity index is 2.09. The van der Waals surface area contributed by atoms with E-state index in [1.165, 1.54) is 25.7 Å². The maximum atomic E-state index is 6.14. The highest BCUT2D eigenvalue weighted by Gasteiger charge is 2.37. The molecule has 1 fully saturated rings. The van der Waals surface area contributed by atoms with Gasteiger partial charge in [-0.05, 0) is 45.5 Å². The smallest absolute Gasteiger partial charge is 0.160 e. The maximum Gasteiger partial charge on any atom is 0.160 e. The van der Waals surface area contributed by atoms with Gasteiger partial charge >= 0.3 is 0 Å². The van der Waals surface area contributed by atoms with Gasteiger partial charge in [0.15, 0.2) is 5.65 Å². The molecule has 21 heavy (non-hydrogen) atoms. The van der Waals surface area contributed by atoms with Crippen LogP contribution in [-0.4, -0.2) is 39.1 Å². The second-order valence-corrected chi connectivity index (χ2v) is 6.64. The molecule has 114 valence electrons. The standard InChI is InChI=1S/C16H23ClN4/c1-12-6-9-18-15-14(12)19-13(10-17)21(15)11-16(20(2)3)7-4-5-8-16/h6,9H,4-5,7-8,10-11H2,1-3H3. The third-order valence-electron chi connectivity index (χ3n) is 4.97. The van der Waals surface area contributed by atoms with Gasteiger partial charge in [0.2, 0.25) is 0 Å². The number of nitrogens with zero attached hydrogens (tertiary/aromatic N) is 4. The van der Waals surface area contributed by atoms with E-state index in [2.05, 4.69) is 35.5 Å². The summed E-state index contributed by atoms with van der Waals surface area (Å²) in [7, 11) is 4.37. The predicted molar refractivity (Wildman–Crippen MR) is 86.7 cm³/mol. The van der Waals surface area contributed by atoms with Crippen molar-refractivity contribution in [2.45, 2.75) is 50.6 Å². The molecule has 0 aliphatic heterocycles. The van der Waals surface area contributed by atoms with Crippen molar-refractivity contribution in [2.24, 2.45) is 0 Å². The van der Waals surface area contributed by atoms with Crippen molar-refractivity contribution in [3.8, 4) is 0 Å². The second kappa shape index (κ2) is 5.58. The van der Waals surface area contributed by atoms with Crippen LogP contribution in [0.15, 0.2) is 12.3 Å². The van der Waals surface area contributed by atoms with Crippen LogP contribution in [0.5, 0.6) is 0 Å². The summed E-state index contributed by atoms with van der Waals surface area (Å²) < 4.78 is 2.24. The summed E-state index contributed by atoms with van der Waals surface area (Å²) in [6, 6.07) is 2.01. The molecule has 0 spiro atoms. The Morgan fingerprint density at radius 3 is 2.67 bits per heavy atom. The number of pyridine rings is 1. The number of aromatic nitrogens is 3. The minimum atomic E-state index is 0.208. The van der Waals surface area contributed by atoms with E-state index in [0.29, 0.717) is 5.88 Å². The fourth-order valence-electron chi connectivity index (χ4n) is 3.53. The van der Waals surface area contributed by atoms with Crippen LogP contribution < -0.4 is 0 Å². The van der Waals surface area contributed by atoms with Gasteiger partial charge < -0.3 is 9.47 Å². The Morgan fingerprint density at radius 1 is 1.33 bits per heavy atom. The summed E-state index contributed by atoms with van der Waals surface area (Å²) in [4.78, 5) is 11.7. The normalized spacial score (nSPS) is 18.0. The van der Waals surface area contributed by atoms with E-state index in [1.54, 1.807) is 0 Å². The number of hydrogen-bond acceptors (Lipinski definition) is 3. The predicted octanol–water partition coefficient (Wildman–Crippen LogP) is 3.35. The minimum Gasteiger partial charge on any atom is -0.310 e. The van der Waals surface area contributed by atoms with Crippen molar-refractivity contribution in [3.05, 3.63) is 23.7 Å². The Bertz CT molecular complexity index is 641. The Hall–Kier alpha value is -1.13. The van der Waals surface area contributed by atoms with Gasteiger partial charge in [0.25, 0.3) is 0 Å². The van der Waals surface area contributed by atoms with E-state index in [9.17, 15) is 0 Å². The van der Waals surface area contributed by atoms with Gasteiger partial charge in [-0.1, -0.05) is 12.8 Å². The Kier molecular flexibility index (Phi) is 3.93. The van der Waals surface area contributed by atoms with Gasteiger partial charge in [-0.15, -0.1) is 11.6 Å². The fraction of sp³-hybridized carbons (Fsp3) is 0.625. The zero-order chi connectivity index (χ0) is 15.0. The van der Waals surface area contributed by atoms with Gasteiger partial charge in [0, 0.05) is 18.3 Å². The molecule has 1 saturated carbocycles. The molecule has 5 heteroatoms. The number of fused-ring (bicyclic) bond motifs is 1. The molecule has 0 unspecified atom stereocenters. The number of likely N-dealkylation sites (N-methyl/N-ethyl adjacent to an activating group) is 1. The summed E-state index contributed by atoms with van der Waals surface area (Å²) in [5.41, 5.74) is 3.33. The van der Waals surface area contributed by atoms with Crippen molar-refractivity contribution in [2.75, 3.05) is 14.1 Å². The number of alkyl halides is 1. The van der Waals surface area contributed by atoms with Crippen LogP contribution >= 0.6 is 11.6 Å². The number of aryl methyl sites for hydroxylation is 1. The lowest BCUT2D eigenvalue weighted by atomic mass is 9.96. The highest BCUT2D eigenvalue weighted by atomic mass is 35.5. The first-order valence-corrected chi connectivity index (χ1v) is 8.15. The summed E-state index contributed by atoms with van der Waals surface area (Å²) in [5, 5.41) is 0. The van der Waals surface area contributed by atoms with Crippen LogP contribution in [0.2, 0.25) is 0 Å². The molecule has 0 amide bonds. The van der Waals surface area contributed by atoms with Crippen LogP contribution in [0, 0.1) is 6.92 Å². The lowest BCUT2D eigenvalue weighted by Gasteiger charge is -2.37. The van der Waals surface area contributed by atoms with Crippen LogP contribution in [0.25, 0.3) is 11.2 Å². The number of rotatable bonds is 4. The first-order valence-electron chi connectivity index (χ1n) is 7.61. The molecule has 3 rings (SSSR count). The summed E-state index contributed by atoms with van der Waals surface area (Å²) in [5.74, 6) is 1.36. The van der Waals surface area contributed by atoms with E-state index in [4.69, 9.17) is 16.6 Å². The lowest BCUT2D eigenvalue weighted by molar-refractivity contribution is 0.134. The zero-order valence-electron chi connectivity index (χ0n) is 13.1. The molecule has 2 aromatic heterocycles. The third kappa shape index (κ3) is 2.44. The van der Waals surface area contributed by atoms with Gasteiger partial charge in [0.05, 0.1) is 5.88 Å². The molecule has 2 aromatic rings. The van der Waals surface area contributed by atoms with Crippen molar-refractivity contribution < 1.29 is 0 Å². The fourth-order valence-corrected chi connectivity index (χ4v) is 3.73. The molecular formula is C16H23ClN4. The van der Waals surface area contributed by atoms with Crippen LogP contribution in [0.3, 0.4) is 0 Å². The highest BCUT2D eigenvalue weighted by molar-refractivity contribution is 6.16. The Labute approximate surface area is 131 Å². The average Bonchev–Trinajstić information content (AvgIpc) is 3.06. The zero-order valence-corrected chi connectivity index (χ0v) is 13.8. The van der Waals surface area contributed by atoms with E-state index in [1.807, 2.05) is 12.3 Å². The van der Waals surface area contributed by atoms with E-state index < -0.39 is 0 Å². The molecule has 0 N–H and O–H groups in total. The number of halogens is 1. The monoisotopic (exact) mass is 306 g/mol. The molecule has 0 radical (unpaired) electrons. The molecule has 4 nitrogen and oxygen atoms in total. The minimum absolute atomic E-state index is 0.208. The SMILES string of the molecule is Cc1ccnc2c1nc(CCl)n2CC1(N(C)C)CCCC1. The first-order chi connectivity index (χ1) is 10.1. The second-order valence-electron chi connectivity index (χ2n) is 6.37. The van der Waals surface area contributed by atoms with Crippen LogP contribution in [-0.2, 0) is 12.4 Å². The summed E-state index contributed by atoms with van der Waals surface area (Å²) in [6.07, 6.45) is 6.92. The van der Waals surface area contributed by atoms with Crippen molar-refractivity contribution in [3.63, 3.8) is 0 Å². The topological polar surface area (TPSA) is 34.0 Å². The van der Waals surface area contributed by atoms with Gasteiger partial charge in [-0.3, -0.25) is 0 Å². The van der Waals surface area contributed by atoms with Gasteiger partial charge in [-0.2, -0.15) is 0 Å². The summed E-state index contributed by atoms with van der Waals surface area (Å²) in [6.45, 7) is 3.01. The largest absolute Gasteiger partial charge is 0.310 e. The summed E-state index contributed by atoms with van der Waals surface area (Å²) >= 11 is 6.14. The van der Waals surface area contributed by atoms with Crippen molar-refractivity contribution in [1.29, 1.82) is 0 Å². The Morgan fingerprint density at radius 2 is 2.05 bits per heavy atom. The van der Waals surface area contributed by atoms with E-state index in [-0.39, 0.29) is 5.54 Å². The lowest BCUT2D eigenvalue weighted by Crippen LogP contribution is -2.45. The van der Waals surface area contributed by atoms with Crippen molar-refractivity contribution in [1.82, 2.24) is 19.4 Å². The molecule has 0 atom stereocenters.